The van der Waals surface area contributed by atoms with E-state index in [4.69, 9.17) is 9.90 Å². The Morgan fingerprint density at radius 1 is 1.67 bits per heavy atom. The second-order valence-corrected chi connectivity index (χ2v) is 0.492. The molecular weight excluding hydrogens is 359 g/mol. The van der Waals surface area contributed by atoms with Crippen molar-refractivity contribution in [2.24, 2.45) is 0 Å². The summed E-state index contributed by atoms with van der Waals surface area (Å²) in [6, 6.07) is 0. The fourth-order valence-electron chi connectivity index (χ4n) is 0. The summed E-state index contributed by atoms with van der Waals surface area (Å²) in [5, 5.41) is 8.89. The zero-order valence-electron chi connectivity index (χ0n) is 3.52. The average Bonchev–Trinajstić information content (AvgIpc) is 0.811. The maximum Gasteiger partial charge on any atom is 4.00 e. The first kappa shape index (κ1) is 15.7. The van der Waals surface area contributed by atoms with Gasteiger partial charge in [-0.25, -0.2) is 0 Å². The van der Waals surface area contributed by atoms with Crippen LogP contribution in [0.15, 0.2) is 0 Å². The zero-order chi connectivity index (χ0) is 3.58. The van der Waals surface area contributed by atoms with Gasteiger partial charge in [0.25, 0.3) is 0 Å². The number of hydrogen-bond donors (Lipinski definition) is 0. The molecule has 0 heterocycles. The van der Waals surface area contributed by atoms with Gasteiger partial charge in [0.2, 0.25) is 0 Å². The van der Waals surface area contributed by atoms with E-state index >= 15 is 0 Å². The topological polar surface area (TPSA) is 40.1 Å². The molecule has 0 spiro atoms. The molecule has 0 fully saturated rings. The third kappa shape index (κ3) is 67.4. The van der Waals surface area contributed by atoms with Crippen molar-refractivity contribution in [2.75, 3.05) is 0 Å². The molecule has 0 aliphatic carbocycles. The molecule has 0 unspecified atom stereocenters. The van der Waals surface area contributed by atoms with E-state index in [0.717, 1.165) is 6.92 Å². The second kappa shape index (κ2) is 9.47. The van der Waals surface area contributed by atoms with Crippen LogP contribution in [0, 0.1) is 31.1 Å². The van der Waals surface area contributed by atoms with Gasteiger partial charge in [-0.15, -0.1) is 0 Å². The van der Waals surface area contributed by atoms with Crippen LogP contribution in [0.5, 0.6) is 0 Å². The van der Waals surface area contributed by atoms with Crippen molar-refractivity contribution in [3.8, 4) is 0 Å². The third-order valence-electron chi connectivity index (χ3n) is 0. The molecule has 0 aliphatic heterocycles. The van der Waals surface area contributed by atoms with E-state index in [0.29, 0.717) is 0 Å². The maximum atomic E-state index is 8.89. The van der Waals surface area contributed by atoms with Gasteiger partial charge in [-0.2, -0.15) is 0 Å². The Hall–Kier alpha value is 1.15. The molecule has 0 aromatic heterocycles. The molecule has 0 rings (SSSR count). The molecule has 0 saturated carbocycles. The van der Waals surface area contributed by atoms with Gasteiger partial charge in [0.05, 0.1) is 0 Å². The first-order valence-electron chi connectivity index (χ1n) is 0.908. The van der Waals surface area contributed by atoms with Crippen LogP contribution in [0.25, 0.3) is 0 Å². The first-order valence-corrected chi connectivity index (χ1v) is 0.908. The summed E-state index contributed by atoms with van der Waals surface area (Å²) in [6.07, 6.45) is 0. The summed E-state index contributed by atoms with van der Waals surface area (Å²) in [7, 11) is 0. The van der Waals surface area contributed by atoms with Gasteiger partial charge in [0.15, 0.2) is 0 Å². The van der Waals surface area contributed by atoms with E-state index in [2.05, 4.69) is 0 Å². The van der Waals surface area contributed by atoms with Crippen molar-refractivity contribution in [1.82, 2.24) is 0 Å². The fourth-order valence-corrected chi connectivity index (χ4v) is 0. The molecule has 4 heteroatoms. The number of carbonyl (C=O) groups is 1. The van der Waals surface area contributed by atoms with Crippen molar-refractivity contribution in [3.05, 3.63) is 0 Å². The number of aliphatic carboxylic acids is 1. The Bertz CT molecular complexity index is 34.5. The Labute approximate surface area is 72.8 Å². The van der Waals surface area contributed by atoms with Gasteiger partial charge in [0, 0.05) is 5.97 Å². The monoisotopic (exact) mass is 361 g/mol. The van der Waals surface area contributed by atoms with Gasteiger partial charge < -0.3 is 9.90 Å². The smallest absolute Gasteiger partial charge is 0.550 e. The second-order valence-electron chi connectivity index (χ2n) is 0.492. The third-order valence-corrected chi connectivity index (χ3v) is 0. The number of carboxylic acid groups (broad SMARTS) is 1. The summed E-state index contributed by atoms with van der Waals surface area (Å²) in [4.78, 5) is 8.89. The molecule has 2 nitrogen and oxygen atoms in total. The molecule has 0 amide bonds. The van der Waals surface area contributed by atoms with Crippen molar-refractivity contribution in [2.45, 2.75) is 6.92 Å². The molecule has 24 valence electrons. The van der Waals surface area contributed by atoms with Crippen LogP contribution in [0.1, 0.15) is 6.92 Å². The minimum Gasteiger partial charge on any atom is -0.550 e. The van der Waals surface area contributed by atoms with Gasteiger partial charge in [-0.1, -0.05) is 0 Å². The largest absolute Gasteiger partial charge is 4.00 e. The van der Waals surface area contributed by atoms with Gasteiger partial charge in [-0.3, -0.25) is 0 Å². The molecule has 0 aromatic rings. The average molecular weight is 362 g/mol. The Kier molecular flexibility index (Phi) is 24.8. The number of rotatable bonds is 0. The minimum atomic E-state index is -1.08. The van der Waals surface area contributed by atoms with Crippen molar-refractivity contribution in [1.29, 1.82) is 0 Å². The molecule has 0 aromatic carbocycles. The Balaban J connectivity index is -0.0000000450. The van der Waals surface area contributed by atoms with E-state index in [9.17, 15) is 0 Å². The van der Waals surface area contributed by atoms with Crippen molar-refractivity contribution < 1.29 is 60.5 Å². The molecule has 0 atom stereocenters. The maximum absolute atomic E-state index is 8.89. The van der Waals surface area contributed by atoms with Crippen LogP contribution >= 0.6 is 0 Å². The van der Waals surface area contributed by atoms with Crippen LogP contribution in [0.4, 0.5) is 0 Å². The van der Waals surface area contributed by atoms with E-state index in [1.165, 1.54) is 0 Å². The van der Waals surface area contributed by atoms with Gasteiger partial charge >= 0.3 is 50.6 Å². The van der Waals surface area contributed by atoms with E-state index in [1.807, 2.05) is 0 Å². The molecule has 0 bridgehead atoms. The normalized spacial score (nSPS) is 4.17. The van der Waals surface area contributed by atoms with Gasteiger partial charge in [0.1, 0.15) is 0 Å². The Morgan fingerprint density at radius 3 is 1.67 bits per heavy atom. The predicted octanol–water partition coefficient (Wildman–Crippen LogP) is -1.25. The van der Waals surface area contributed by atoms with Crippen molar-refractivity contribution in [3.63, 3.8) is 0 Å². The van der Waals surface area contributed by atoms with E-state index in [1.54, 1.807) is 0 Å². The molecule has 0 radical (unpaired) electrons. The quantitative estimate of drug-likeness (QED) is 0.506. The van der Waals surface area contributed by atoms with Crippen molar-refractivity contribution >= 4 is 5.97 Å². The molecule has 0 N–H and O–H groups in total. The SMILES string of the molecule is CC(=O)[O-].[U+4].[Zn+2]. The summed E-state index contributed by atoms with van der Waals surface area (Å²) in [5.41, 5.74) is 0. The summed E-state index contributed by atoms with van der Waals surface area (Å²) >= 11 is 0. The summed E-state index contributed by atoms with van der Waals surface area (Å²) in [6.45, 7) is 0.972. The molecule has 0 saturated heterocycles. The fraction of sp³-hybridized carbons (Fsp3) is 0.500. The van der Waals surface area contributed by atoms with Crippen LogP contribution in [-0.2, 0) is 24.3 Å². The summed E-state index contributed by atoms with van der Waals surface area (Å²) in [5.74, 6) is -1.08. The van der Waals surface area contributed by atoms with Gasteiger partial charge in [-0.05, 0) is 6.92 Å². The standard InChI is InChI=1S/C2H4O2.U.Zn/c1-2(3)4;;/h1H3,(H,3,4);;/q;+4;+2/p-1. The molecule has 0 aliphatic rings. The number of carbonyl (C=O) groups excluding carboxylic acids is 1. The molecule has 6 heavy (non-hydrogen) atoms. The first-order chi connectivity index (χ1) is 1.73. The number of carboxylic acids is 1. The molecular formula is C2H3O2UZn+5. The van der Waals surface area contributed by atoms with E-state index in [-0.39, 0.29) is 50.6 Å². The summed E-state index contributed by atoms with van der Waals surface area (Å²) < 4.78 is 0. The van der Waals surface area contributed by atoms with Crippen LogP contribution in [0.3, 0.4) is 0 Å². The van der Waals surface area contributed by atoms with Crippen LogP contribution in [-0.4, -0.2) is 5.97 Å². The van der Waals surface area contributed by atoms with E-state index < -0.39 is 5.97 Å². The Morgan fingerprint density at radius 2 is 1.67 bits per heavy atom. The zero-order valence-corrected chi connectivity index (χ0v) is 10.7. The number of hydrogen-bond acceptors (Lipinski definition) is 2. The van der Waals surface area contributed by atoms with Crippen LogP contribution < -0.4 is 5.11 Å². The predicted molar refractivity (Wildman–Crippen MR) is 10.7 cm³/mol. The minimum absolute atomic E-state index is 0. The van der Waals surface area contributed by atoms with Crippen LogP contribution in [0.2, 0.25) is 0 Å².